The maximum absolute atomic E-state index is 13.4. The van der Waals surface area contributed by atoms with Crippen molar-refractivity contribution in [1.29, 1.82) is 0 Å². The molecule has 0 aliphatic carbocycles. The molecule has 1 atom stereocenters. The molecule has 2 aromatic rings. The molecule has 0 aliphatic rings. The lowest BCUT2D eigenvalue weighted by atomic mass is 10.1. The summed E-state index contributed by atoms with van der Waals surface area (Å²) < 4.78 is 80.6. The van der Waals surface area contributed by atoms with Crippen molar-refractivity contribution in [3.05, 3.63) is 41.7 Å². The molecule has 0 saturated heterocycles. The fraction of sp³-hybridized carbons (Fsp3) is 0.800. The van der Waals surface area contributed by atoms with Gasteiger partial charge >= 0.3 is 7.68 Å². The third-order valence-electron chi connectivity index (χ3n) is 8.30. The number of nitrogens with zero attached hydrogens (tertiary/aromatic N) is 3. The summed E-state index contributed by atoms with van der Waals surface area (Å²) in [5, 5.41) is 8.44. The minimum Gasteiger partial charge on any atom is -0.494 e. The molecular formula is C40H71FN3O11P. The van der Waals surface area contributed by atoms with E-state index in [0.29, 0.717) is 99.0 Å². The van der Waals surface area contributed by atoms with Crippen molar-refractivity contribution < 1.29 is 55.9 Å². The van der Waals surface area contributed by atoms with E-state index in [1.165, 1.54) is 57.8 Å². The van der Waals surface area contributed by atoms with Crippen LogP contribution >= 0.6 is 7.68 Å². The summed E-state index contributed by atoms with van der Waals surface area (Å²) in [5.74, 6) is 0.909. The fourth-order valence-corrected chi connectivity index (χ4v) is 6.15. The summed E-state index contributed by atoms with van der Waals surface area (Å²) in [5.41, 5.74) is 1.91. The highest BCUT2D eigenvalue weighted by Gasteiger charge is 2.20. The Morgan fingerprint density at radius 1 is 0.571 bits per heavy atom. The molecule has 2 rings (SSSR count). The minimum atomic E-state index is -4.03. The predicted molar refractivity (Wildman–Crippen MR) is 214 cm³/mol. The van der Waals surface area contributed by atoms with E-state index in [4.69, 9.17) is 42.6 Å². The molecule has 56 heavy (non-hydrogen) atoms. The van der Waals surface area contributed by atoms with Gasteiger partial charge in [-0.25, -0.2) is 4.68 Å². The van der Waals surface area contributed by atoms with Crippen LogP contribution in [-0.2, 0) is 60.1 Å². The second kappa shape index (κ2) is 36.1. The fourth-order valence-electron chi connectivity index (χ4n) is 5.29. The number of ether oxygens (including phenoxy) is 9. The molecule has 0 amide bonds. The van der Waals surface area contributed by atoms with E-state index in [-0.39, 0.29) is 26.0 Å². The average molecular weight is 820 g/mol. The average Bonchev–Trinajstić information content (AvgIpc) is 3.64. The maximum atomic E-state index is 13.4. The monoisotopic (exact) mass is 819 g/mol. The summed E-state index contributed by atoms with van der Waals surface area (Å²) in [4.78, 5) is 0. The largest absolute Gasteiger partial charge is 0.494 e. The van der Waals surface area contributed by atoms with Crippen LogP contribution < -0.4 is 4.74 Å². The van der Waals surface area contributed by atoms with Crippen molar-refractivity contribution >= 4 is 7.68 Å². The zero-order valence-corrected chi connectivity index (χ0v) is 35.2. The Balaban J connectivity index is 1.29. The highest BCUT2D eigenvalue weighted by atomic mass is 31.2. The van der Waals surface area contributed by atoms with Crippen LogP contribution in [0.15, 0.2) is 30.5 Å². The predicted octanol–water partition coefficient (Wildman–Crippen LogP) is 7.46. The van der Waals surface area contributed by atoms with Crippen LogP contribution in [0.4, 0.5) is 4.20 Å². The molecule has 16 heteroatoms. The second-order valence-corrected chi connectivity index (χ2v) is 15.0. The van der Waals surface area contributed by atoms with Crippen LogP contribution in [0.2, 0.25) is 0 Å². The first-order valence-electron chi connectivity index (χ1n) is 20.7. The minimum absolute atomic E-state index is 0.0240. The molecule has 324 valence electrons. The standard InChI is InChI=1S/C40H71FN3O11P/c1-3-5-6-7-8-9-10-11-12-13-18-54-40-16-14-38(15-17-40)35-44-36-39(42-43-44)37-53-32-31-51-28-27-49-24-23-47-20-19-46-21-22-48-25-26-50-29-30-52-33-34-56(41,45)55-4-2/h14-17,36H,3-13,18-35,37H2,1-2H3. The molecule has 0 N–H and O–H groups in total. The summed E-state index contributed by atoms with van der Waals surface area (Å²) in [7, 11) is -4.03. The van der Waals surface area contributed by atoms with Crippen LogP contribution in [0.3, 0.4) is 0 Å². The van der Waals surface area contributed by atoms with Crippen molar-refractivity contribution in [2.45, 2.75) is 91.2 Å². The highest BCUT2D eigenvalue weighted by molar-refractivity contribution is 7.53. The SMILES string of the molecule is CCCCCCCCCCCCOc1ccc(Cn2cc(COCCOCCOCCOCCOCCOCCOCCOCCP(=O)(F)OCC)nn2)cc1. The Labute approximate surface area is 335 Å². The van der Waals surface area contributed by atoms with Gasteiger partial charge in [0.1, 0.15) is 11.4 Å². The number of unbranched alkanes of at least 4 members (excludes halogenated alkanes) is 9. The first kappa shape index (κ1) is 50.1. The van der Waals surface area contributed by atoms with Gasteiger partial charge in [-0.1, -0.05) is 82.1 Å². The summed E-state index contributed by atoms with van der Waals surface area (Å²) in [6.45, 7) is 11.9. The van der Waals surface area contributed by atoms with E-state index in [1.54, 1.807) is 6.92 Å². The number of hydrogen-bond donors (Lipinski definition) is 0. The lowest BCUT2D eigenvalue weighted by Crippen LogP contribution is -2.15. The van der Waals surface area contributed by atoms with E-state index >= 15 is 0 Å². The van der Waals surface area contributed by atoms with Gasteiger partial charge in [-0.2, -0.15) is 4.20 Å². The molecule has 1 aromatic heterocycles. The molecule has 0 saturated carbocycles. The van der Waals surface area contributed by atoms with Crippen LogP contribution in [0.1, 0.15) is 89.3 Å². The Morgan fingerprint density at radius 3 is 1.50 bits per heavy atom. The van der Waals surface area contributed by atoms with Gasteiger partial charge in [0.05, 0.1) is 138 Å². The van der Waals surface area contributed by atoms with Gasteiger partial charge in [0, 0.05) is 0 Å². The molecule has 14 nitrogen and oxygen atoms in total. The van der Waals surface area contributed by atoms with E-state index in [2.05, 4.69) is 33.9 Å². The summed E-state index contributed by atoms with van der Waals surface area (Å²) in [6.07, 6.45) is 14.9. The molecule has 0 aliphatic heterocycles. The third kappa shape index (κ3) is 30.1. The molecular weight excluding hydrogens is 748 g/mol. The molecule has 1 aromatic carbocycles. The van der Waals surface area contributed by atoms with Crippen LogP contribution in [-0.4, -0.2) is 133 Å². The van der Waals surface area contributed by atoms with Gasteiger partial charge in [-0.05, 0) is 31.0 Å². The normalized spacial score (nSPS) is 12.7. The van der Waals surface area contributed by atoms with Crippen LogP contribution in [0.25, 0.3) is 0 Å². The third-order valence-corrected chi connectivity index (χ3v) is 9.66. The first-order valence-corrected chi connectivity index (χ1v) is 22.4. The van der Waals surface area contributed by atoms with Crippen molar-refractivity contribution in [2.75, 3.05) is 118 Å². The number of halogens is 1. The lowest BCUT2D eigenvalue weighted by Gasteiger charge is -2.09. The molecule has 0 spiro atoms. The Kier molecular flexibility index (Phi) is 32.3. The Hall–Kier alpha value is -2.04. The van der Waals surface area contributed by atoms with Gasteiger partial charge in [-0.15, -0.1) is 5.10 Å². The van der Waals surface area contributed by atoms with E-state index < -0.39 is 7.68 Å². The zero-order chi connectivity index (χ0) is 40.0. The number of hydrogen-bond acceptors (Lipinski definition) is 13. The molecule has 0 radical (unpaired) electrons. The van der Waals surface area contributed by atoms with Gasteiger partial charge in [0.25, 0.3) is 0 Å². The Morgan fingerprint density at radius 2 is 1.02 bits per heavy atom. The van der Waals surface area contributed by atoms with E-state index in [1.807, 2.05) is 23.0 Å². The van der Waals surface area contributed by atoms with Crippen LogP contribution in [0.5, 0.6) is 5.75 Å². The number of aromatic nitrogens is 3. The smallest absolute Gasteiger partial charge is 0.369 e. The van der Waals surface area contributed by atoms with Gasteiger partial charge in [0.2, 0.25) is 0 Å². The molecule has 0 bridgehead atoms. The molecule has 0 fully saturated rings. The lowest BCUT2D eigenvalue weighted by molar-refractivity contribution is -0.0234. The van der Waals surface area contributed by atoms with Gasteiger partial charge in [-0.3, -0.25) is 4.57 Å². The quantitative estimate of drug-likeness (QED) is 0.0484. The van der Waals surface area contributed by atoms with E-state index in [9.17, 15) is 8.76 Å². The number of benzene rings is 1. The molecule has 1 unspecified atom stereocenters. The Bertz CT molecular complexity index is 1200. The topological polar surface area (TPSA) is 140 Å². The summed E-state index contributed by atoms with van der Waals surface area (Å²) in [6, 6.07) is 8.20. The summed E-state index contributed by atoms with van der Waals surface area (Å²) >= 11 is 0. The number of rotatable bonds is 42. The van der Waals surface area contributed by atoms with Crippen molar-refractivity contribution in [3.8, 4) is 5.75 Å². The zero-order valence-electron chi connectivity index (χ0n) is 34.3. The maximum Gasteiger partial charge on any atom is 0.369 e. The molecule has 1 heterocycles. The second-order valence-electron chi connectivity index (χ2n) is 13.2. The van der Waals surface area contributed by atoms with Gasteiger partial charge in [0.15, 0.2) is 0 Å². The van der Waals surface area contributed by atoms with Crippen molar-refractivity contribution in [2.24, 2.45) is 0 Å². The van der Waals surface area contributed by atoms with Crippen molar-refractivity contribution in [1.82, 2.24) is 15.0 Å². The van der Waals surface area contributed by atoms with Crippen molar-refractivity contribution in [3.63, 3.8) is 0 Å². The highest BCUT2D eigenvalue weighted by Crippen LogP contribution is 2.47. The first-order chi connectivity index (χ1) is 27.5. The van der Waals surface area contributed by atoms with E-state index in [0.717, 1.165) is 30.0 Å². The van der Waals surface area contributed by atoms with Crippen LogP contribution in [0, 0.1) is 0 Å². The van der Waals surface area contributed by atoms with Gasteiger partial charge < -0.3 is 47.2 Å².